The molecule has 0 aromatic heterocycles. The number of hydrogen-bond acceptors (Lipinski definition) is 4. The minimum atomic E-state index is -1.04. The summed E-state index contributed by atoms with van der Waals surface area (Å²) in [4.78, 5) is 28.6. The molecule has 0 radical (unpaired) electrons. The number of amides is 2. The first kappa shape index (κ1) is 21.5. The van der Waals surface area contributed by atoms with Crippen molar-refractivity contribution in [1.82, 2.24) is 10.2 Å². The van der Waals surface area contributed by atoms with Crippen LogP contribution in [0.5, 0.6) is 5.75 Å². The van der Waals surface area contributed by atoms with Gasteiger partial charge in [-0.3, -0.25) is 9.59 Å². The molecule has 8 heteroatoms. The molecule has 30 heavy (non-hydrogen) atoms. The number of carbonyl (C=O) groups is 2. The molecule has 3 rings (SSSR count). The van der Waals surface area contributed by atoms with Gasteiger partial charge in [-0.15, -0.1) is 0 Å². The first-order valence-electron chi connectivity index (χ1n) is 9.91. The van der Waals surface area contributed by atoms with Gasteiger partial charge in [0.25, 0.3) is 5.91 Å². The fourth-order valence-corrected chi connectivity index (χ4v) is 3.26. The first-order chi connectivity index (χ1) is 14.4. The molecule has 160 valence electrons. The summed E-state index contributed by atoms with van der Waals surface area (Å²) in [6.45, 7) is 4.49. The van der Waals surface area contributed by atoms with Crippen LogP contribution in [0.4, 0.5) is 14.5 Å². The van der Waals surface area contributed by atoms with Gasteiger partial charge in [-0.2, -0.15) is 0 Å². The monoisotopic (exact) mass is 417 g/mol. The maximum Gasteiger partial charge on any atom is 0.260 e. The van der Waals surface area contributed by atoms with Gasteiger partial charge < -0.3 is 19.9 Å². The summed E-state index contributed by atoms with van der Waals surface area (Å²) >= 11 is 0. The molecule has 0 aliphatic carbocycles. The number of para-hydroxylation sites is 1. The van der Waals surface area contributed by atoms with E-state index >= 15 is 0 Å². The quantitative estimate of drug-likeness (QED) is 0.752. The van der Waals surface area contributed by atoms with Crippen molar-refractivity contribution in [2.45, 2.75) is 19.4 Å². The maximum atomic E-state index is 13.2. The first-order valence-corrected chi connectivity index (χ1v) is 9.91. The minimum Gasteiger partial charge on any atom is -0.481 e. The number of nitrogens with zero attached hydrogens (tertiary/aromatic N) is 2. The number of piperazine rings is 1. The van der Waals surface area contributed by atoms with Crippen LogP contribution in [-0.4, -0.2) is 55.5 Å². The number of hydrogen-bond donors (Lipinski definition) is 1. The number of ether oxygens (including phenoxy) is 1. The normalized spacial score (nSPS) is 14.9. The van der Waals surface area contributed by atoms with Crippen LogP contribution in [0, 0.1) is 11.6 Å². The molecular weight excluding hydrogens is 392 g/mol. The van der Waals surface area contributed by atoms with E-state index in [1.165, 1.54) is 13.0 Å². The lowest BCUT2D eigenvalue weighted by atomic mass is 10.2. The summed E-state index contributed by atoms with van der Waals surface area (Å²) in [6.07, 6.45) is -0.714. The Balaban J connectivity index is 1.37. The van der Waals surface area contributed by atoms with E-state index in [1.54, 1.807) is 4.90 Å². The SMILES string of the molecule is CC(Oc1ccc(F)c(F)c1)C(=O)NCCC(=O)N1CCN(c2ccccc2)CC1. The van der Waals surface area contributed by atoms with Crippen molar-refractivity contribution in [1.29, 1.82) is 0 Å². The highest BCUT2D eigenvalue weighted by molar-refractivity contribution is 5.82. The third kappa shape index (κ3) is 5.68. The largest absolute Gasteiger partial charge is 0.481 e. The van der Waals surface area contributed by atoms with Crippen LogP contribution >= 0.6 is 0 Å². The summed E-state index contributed by atoms with van der Waals surface area (Å²) in [5.74, 6) is -2.41. The lowest BCUT2D eigenvalue weighted by Gasteiger charge is -2.36. The Morgan fingerprint density at radius 2 is 1.73 bits per heavy atom. The van der Waals surface area contributed by atoms with Gasteiger partial charge in [0.15, 0.2) is 17.7 Å². The highest BCUT2D eigenvalue weighted by Crippen LogP contribution is 2.17. The second-order valence-electron chi connectivity index (χ2n) is 7.08. The molecule has 2 amide bonds. The number of benzene rings is 2. The molecule has 1 fully saturated rings. The molecule has 6 nitrogen and oxygen atoms in total. The van der Waals surface area contributed by atoms with E-state index in [1.807, 2.05) is 18.2 Å². The van der Waals surface area contributed by atoms with Gasteiger partial charge in [-0.05, 0) is 31.2 Å². The van der Waals surface area contributed by atoms with Crippen LogP contribution in [0.2, 0.25) is 0 Å². The van der Waals surface area contributed by atoms with Crippen LogP contribution < -0.4 is 15.0 Å². The molecular formula is C22H25F2N3O3. The fourth-order valence-electron chi connectivity index (χ4n) is 3.26. The smallest absolute Gasteiger partial charge is 0.260 e. The number of anilines is 1. The minimum absolute atomic E-state index is 0.0165. The summed E-state index contributed by atoms with van der Waals surface area (Å²) < 4.78 is 31.5. The summed E-state index contributed by atoms with van der Waals surface area (Å²) in [7, 11) is 0. The Kier molecular flexibility index (Phi) is 7.21. The van der Waals surface area contributed by atoms with E-state index in [0.717, 1.165) is 30.9 Å². The molecule has 1 N–H and O–H groups in total. The molecule has 1 aliphatic heterocycles. The van der Waals surface area contributed by atoms with Crippen LogP contribution in [0.25, 0.3) is 0 Å². The molecule has 1 heterocycles. The van der Waals surface area contributed by atoms with Gasteiger partial charge in [0, 0.05) is 50.9 Å². The molecule has 0 saturated carbocycles. The van der Waals surface area contributed by atoms with E-state index in [2.05, 4.69) is 22.3 Å². The van der Waals surface area contributed by atoms with Gasteiger partial charge >= 0.3 is 0 Å². The molecule has 0 bridgehead atoms. The Morgan fingerprint density at radius 3 is 2.40 bits per heavy atom. The van der Waals surface area contributed by atoms with Crippen molar-refractivity contribution >= 4 is 17.5 Å². The zero-order chi connectivity index (χ0) is 21.5. The standard InChI is InChI=1S/C22H25F2N3O3/c1-16(30-18-7-8-19(23)20(24)15-18)22(29)25-10-9-21(28)27-13-11-26(12-14-27)17-5-3-2-4-6-17/h2-8,15-16H,9-14H2,1H3,(H,25,29). The molecule has 1 aliphatic rings. The number of carbonyl (C=O) groups excluding carboxylic acids is 2. The topological polar surface area (TPSA) is 61.9 Å². The second-order valence-corrected chi connectivity index (χ2v) is 7.08. The second kappa shape index (κ2) is 10.0. The molecule has 1 atom stereocenters. The zero-order valence-electron chi connectivity index (χ0n) is 16.8. The predicted octanol–water partition coefficient (Wildman–Crippen LogP) is 2.59. The Labute approximate surface area is 174 Å². The summed E-state index contributed by atoms with van der Waals surface area (Å²) in [6, 6.07) is 13.1. The van der Waals surface area contributed by atoms with Crippen LogP contribution in [-0.2, 0) is 9.59 Å². The molecule has 0 spiro atoms. The van der Waals surface area contributed by atoms with Crippen LogP contribution in [0.3, 0.4) is 0 Å². The van der Waals surface area contributed by atoms with Gasteiger partial charge in [-0.1, -0.05) is 18.2 Å². The van der Waals surface area contributed by atoms with E-state index < -0.39 is 23.6 Å². The molecule has 1 unspecified atom stereocenters. The van der Waals surface area contributed by atoms with Crippen molar-refractivity contribution in [3.63, 3.8) is 0 Å². The highest BCUT2D eigenvalue weighted by atomic mass is 19.2. The van der Waals surface area contributed by atoms with Crippen molar-refractivity contribution in [2.24, 2.45) is 0 Å². The van der Waals surface area contributed by atoms with E-state index in [4.69, 9.17) is 4.74 Å². The van der Waals surface area contributed by atoms with Crippen LogP contribution in [0.15, 0.2) is 48.5 Å². The van der Waals surface area contributed by atoms with Gasteiger partial charge in [0.2, 0.25) is 5.91 Å². The Hall–Kier alpha value is -3.16. The van der Waals surface area contributed by atoms with Gasteiger partial charge in [-0.25, -0.2) is 8.78 Å². The van der Waals surface area contributed by atoms with Crippen molar-refractivity contribution in [3.8, 4) is 5.75 Å². The fraction of sp³-hybridized carbons (Fsp3) is 0.364. The van der Waals surface area contributed by atoms with Gasteiger partial charge in [0.05, 0.1) is 0 Å². The van der Waals surface area contributed by atoms with Crippen molar-refractivity contribution in [2.75, 3.05) is 37.6 Å². The predicted molar refractivity (Wildman–Crippen MR) is 109 cm³/mol. The lowest BCUT2D eigenvalue weighted by Crippen LogP contribution is -2.49. The van der Waals surface area contributed by atoms with E-state index in [0.29, 0.717) is 13.1 Å². The Bertz CT molecular complexity index is 871. The van der Waals surface area contributed by atoms with E-state index in [9.17, 15) is 18.4 Å². The number of nitrogens with one attached hydrogen (secondary N) is 1. The average molecular weight is 417 g/mol. The maximum absolute atomic E-state index is 13.2. The molecule has 2 aromatic rings. The number of halogens is 2. The molecule has 2 aromatic carbocycles. The number of rotatable bonds is 7. The third-order valence-corrected chi connectivity index (χ3v) is 4.96. The zero-order valence-corrected chi connectivity index (χ0v) is 16.8. The van der Waals surface area contributed by atoms with Crippen molar-refractivity contribution in [3.05, 3.63) is 60.2 Å². The summed E-state index contributed by atoms with van der Waals surface area (Å²) in [5, 5.41) is 2.64. The van der Waals surface area contributed by atoms with E-state index in [-0.39, 0.29) is 24.6 Å². The van der Waals surface area contributed by atoms with Gasteiger partial charge in [0.1, 0.15) is 5.75 Å². The van der Waals surface area contributed by atoms with Crippen molar-refractivity contribution < 1.29 is 23.1 Å². The highest BCUT2D eigenvalue weighted by Gasteiger charge is 2.21. The lowest BCUT2D eigenvalue weighted by molar-refractivity contribution is -0.131. The summed E-state index contributed by atoms with van der Waals surface area (Å²) in [5.41, 5.74) is 1.15. The Morgan fingerprint density at radius 1 is 1.03 bits per heavy atom. The molecule has 1 saturated heterocycles. The van der Waals surface area contributed by atoms with Crippen LogP contribution in [0.1, 0.15) is 13.3 Å². The average Bonchev–Trinajstić information content (AvgIpc) is 2.77. The third-order valence-electron chi connectivity index (χ3n) is 4.96.